The maximum atomic E-state index is 6.06. The Morgan fingerprint density at radius 1 is 1.05 bits per heavy atom. The van der Waals surface area contributed by atoms with Crippen LogP contribution in [0.1, 0.15) is 17.1 Å². The molecule has 0 aliphatic rings. The molecule has 1 heterocycles. The molecule has 3 rings (SSSR count). The summed E-state index contributed by atoms with van der Waals surface area (Å²) in [5.41, 5.74) is 4.20. The van der Waals surface area contributed by atoms with E-state index in [2.05, 4.69) is 33.0 Å². The molecule has 2 nitrogen and oxygen atoms in total. The van der Waals surface area contributed by atoms with Crippen molar-refractivity contribution in [1.82, 2.24) is 9.97 Å². The Bertz CT molecular complexity index is 810. The Morgan fingerprint density at radius 3 is 2.45 bits per heavy atom. The number of halogens is 3. The quantitative estimate of drug-likeness (QED) is 0.574. The van der Waals surface area contributed by atoms with Crippen molar-refractivity contribution < 1.29 is 0 Å². The number of nitrogens with one attached hydrogen (secondary N) is 1. The fraction of sp³-hybridized carbons (Fsp3) is 0.118. The van der Waals surface area contributed by atoms with Crippen molar-refractivity contribution >= 4 is 39.1 Å². The molecule has 22 heavy (non-hydrogen) atoms. The Hall–Kier alpha value is -1.29. The smallest absolute Gasteiger partial charge is 0.111 e. The Labute approximate surface area is 147 Å². The van der Waals surface area contributed by atoms with E-state index in [1.807, 2.05) is 37.3 Å². The predicted octanol–water partition coefficient (Wildman–Crippen LogP) is 6.05. The van der Waals surface area contributed by atoms with Crippen molar-refractivity contribution in [1.29, 1.82) is 0 Å². The van der Waals surface area contributed by atoms with Gasteiger partial charge in [0.1, 0.15) is 5.82 Å². The molecule has 0 bridgehead atoms. The van der Waals surface area contributed by atoms with Gasteiger partial charge in [0, 0.05) is 22.2 Å². The molecule has 0 radical (unpaired) electrons. The van der Waals surface area contributed by atoms with Crippen molar-refractivity contribution in [3.8, 4) is 11.3 Å². The topological polar surface area (TPSA) is 28.7 Å². The van der Waals surface area contributed by atoms with E-state index in [9.17, 15) is 0 Å². The van der Waals surface area contributed by atoms with Gasteiger partial charge >= 0.3 is 0 Å². The molecule has 0 fully saturated rings. The van der Waals surface area contributed by atoms with E-state index in [0.717, 1.165) is 32.8 Å². The average Bonchev–Trinajstić information content (AvgIpc) is 2.84. The molecule has 5 heteroatoms. The van der Waals surface area contributed by atoms with Crippen molar-refractivity contribution in [2.24, 2.45) is 0 Å². The third kappa shape index (κ3) is 3.37. The van der Waals surface area contributed by atoms with Crippen LogP contribution < -0.4 is 0 Å². The number of aryl methyl sites for hydroxylation is 1. The molecule has 0 spiro atoms. The van der Waals surface area contributed by atoms with Gasteiger partial charge in [-0.05, 0) is 36.8 Å². The molecule has 0 atom stereocenters. The highest BCUT2D eigenvalue weighted by Gasteiger charge is 2.10. The van der Waals surface area contributed by atoms with Crippen molar-refractivity contribution in [2.45, 2.75) is 13.3 Å². The second-order valence-electron chi connectivity index (χ2n) is 5.09. The van der Waals surface area contributed by atoms with Gasteiger partial charge in [-0.15, -0.1) is 0 Å². The normalized spacial score (nSPS) is 10.9. The maximum absolute atomic E-state index is 6.06. The first-order chi connectivity index (χ1) is 10.5. The number of hydrogen-bond acceptors (Lipinski definition) is 1. The van der Waals surface area contributed by atoms with E-state index in [-0.39, 0.29) is 0 Å². The monoisotopic (exact) mass is 394 g/mol. The summed E-state index contributed by atoms with van der Waals surface area (Å²) < 4.78 is 1.06. The van der Waals surface area contributed by atoms with Gasteiger partial charge in [0.15, 0.2) is 0 Å². The van der Waals surface area contributed by atoms with Crippen LogP contribution in [0.25, 0.3) is 11.3 Å². The first-order valence-electron chi connectivity index (χ1n) is 6.78. The first-order valence-corrected chi connectivity index (χ1v) is 8.33. The number of aromatic amines is 1. The van der Waals surface area contributed by atoms with Crippen LogP contribution in [-0.4, -0.2) is 9.97 Å². The number of benzene rings is 2. The molecule has 0 saturated heterocycles. The van der Waals surface area contributed by atoms with E-state index in [1.54, 1.807) is 0 Å². The molecular formula is C17H13BrCl2N2. The number of imidazole rings is 1. The standard InChI is InChI=1S/C17H13BrCl2N2/c1-10-17(12-3-5-13(18)6-4-12)22-16(21-10)9-11-2-7-14(19)15(20)8-11/h2-8H,9H2,1H3,(H,21,22). The Balaban J connectivity index is 1.88. The minimum atomic E-state index is 0.565. The summed E-state index contributed by atoms with van der Waals surface area (Å²) in [5, 5.41) is 1.13. The number of H-pyrrole nitrogens is 1. The molecule has 0 aliphatic heterocycles. The molecular weight excluding hydrogens is 383 g/mol. The zero-order valence-electron chi connectivity index (χ0n) is 11.8. The molecule has 3 aromatic rings. The minimum Gasteiger partial charge on any atom is -0.345 e. The van der Waals surface area contributed by atoms with Crippen LogP contribution in [0.4, 0.5) is 0 Å². The highest BCUT2D eigenvalue weighted by atomic mass is 79.9. The lowest BCUT2D eigenvalue weighted by atomic mass is 10.1. The predicted molar refractivity (Wildman–Crippen MR) is 95.7 cm³/mol. The number of rotatable bonds is 3. The zero-order valence-corrected chi connectivity index (χ0v) is 14.9. The first kappa shape index (κ1) is 15.6. The largest absolute Gasteiger partial charge is 0.345 e. The van der Waals surface area contributed by atoms with Crippen LogP contribution in [0.5, 0.6) is 0 Å². The van der Waals surface area contributed by atoms with E-state index < -0.39 is 0 Å². The molecule has 0 unspecified atom stereocenters. The summed E-state index contributed by atoms with van der Waals surface area (Å²) in [6, 6.07) is 13.8. The van der Waals surface area contributed by atoms with Gasteiger partial charge in [-0.3, -0.25) is 0 Å². The number of aromatic nitrogens is 2. The summed E-state index contributed by atoms with van der Waals surface area (Å²) in [6.45, 7) is 2.03. The van der Waals surface area contributed by atoms with Crippen molar-refractivity contribution in [3.63, 3.8) is 0 Å². The summed E-state index contributed by atoms with van der Waals surface area (Å²) >= 11 is 15.5. The van der Waals surface area contributed by atoms with Crippen LogP contribution in [0.3, 0.4) is 0 Å². The highest BCUT2D eigenvalue weighted by Crippen LogP contribution is 2.26. The van der Waals surface area contributed by atoms with Gasteiger partial charge in [0.2, 0.25) is 0 Å². The summed E-state index contributed by atoms with van der Waals surface area (Å²) in [6.07, 6.45) is 0.689. The van der Waals surface area contributed by atoms with Crippen molar-refractivity contribution in [3.05, 3.63) is 74.1 Å². The molecule has 0 amide bonds. The van der Waals surface area contributed by atoms with E-state index >= 15 is 0 Å². The zero-order chi connectivity index (χ0) is 15.7. The van der Waals surface area contributed by atoms with Crippen LogP contribution in [0, 0.1) is 6.92 Å². The molecule has 112 valence electrons. The average molecular weight is 396 g/mol. The van der Waals surface area contributed by atoms with E-state index in [0.29, 0.717) is 16.5 Å². The number of hydrogen-bond donors (Lipinski definition) is 1. The molecule has 1 aromatic heterocycles. The summed E-state index contributed by atoms with van der Waals surface area (Å²) in [4.78, 5) is 8.05. The number of nitrogens with zero attached hydrogens (tertiary/aromatic N) is 1. The fourth-order valence-electron chi connectivity index (χ4n) is 2.34. The second kappa shape index (κ2) is 6.45. The van der Waals surface area contributed by atoms with Gasteiger partial charge in [0.05, 0.1) is 15.7 Å². The van der Waals surface area contributed by atoms with Crippen LogP contribution in [-0.2, 0) is 6.42 Å². The van der Waals surface area contributed by atoms with Crippen LogP contribution in [0.15, 0.2) is 46.9 Å². The molecule has 0 aliphatic carbocycles. The molecule has 0 saturated carbocycles. The lowest BCUT2D eigenvalue weighted by Crippen LogP contribution is -1.91. The van der Waals surface area contributed by atoms with Gasteiger partial charge in [-0.1, -0.05) is 57.3 Å². The summed E-state index contributed by atoms with van der Waals surface area (Å²) in [7, 11) is 0. The SMILES string of the molecule is Cc1[nH]c(Cc2ccc(Cl)c(Cl)c2)nc1-c1ccc(Br)cc1. The van der Waals surface area contributed by atoms with Crippen LogP contribution in [0.2, 0.25) is 10.0 Å². The second-order valence-corrected chi connectivity index (χ2v) is 6.82. The highest BCUT2D eigenvalue weighted by molar-refractivity contribution is 9.10. The maximum Gasteiger partial charge on any atom is 0.111 e. The minimum absolute atomic E-state index is 0.565. The lowest BCUT2D eigenvalue weighted by molar-refractivity contribution is 1.02. The van der Waals surface area contributed by atoms with Gasteiger partial charge in [-0.25, -0.2) is 4.98 Å². The third-order valence-electron chi connectivity index (χ3n) is 3.41. The Kier molecular flexibility index (Phi) is 4.57. The molecule has 1 N–H and O–H groups in total. The third-order valence-corrected chi connectivity index (χ3v) is 4.67. The van der Waals surface area contributed by atoms with Gasteiger partial charge < -0.3 is 4.98 Å². The fourth-order valence-corrected chi connectivity index (χ4v) is 2.92. The van der Waals surface area contributed by atoms with Crippen molar-refractivity contribution in [2.75, 3.05) is 0 Å². The van der Waals surface area contributed by atoms with E-state index in [1.165, 1.54) is 0 Å². The summed E-state index contributed by atoms with van der Waals surface area (Å²) in [5.74, 6) is 0.911. The van der Waals surface area contributed by atoms with E-state index in [4.69, 9.17) is 28.2 Å². The molecule has 2 aromatic carbocycles. The lowest BCUT2D eigenvalue weighted by Gasteiger charge is -2.01. The van der Waals surface area contributed by atoms with Gasteiger partial charge in [-0.2, -0.15) is 0 Å². The van der Waals surface area contributed by atoms with Gasteiger partial charge in [0.25, 0.3) is 0 Å². The Morgan fingerprint density at radius 2 is 1.77 bits per heavy atom. The van der Waals surface area contributed by atoms with Crippen LogP contribution >= 0.6 is 39.1 Å².